The number of phenols is 1. The second-order valence-electron chi connectivity index (χ2n) is 7.14. The topological polar surface area (TPSA) is 70.9 Å². The molecule has 1 amide bonds. The molecular formula is C24H32N2O3. The Morgan fingerprint density at radius 3 is 2.21 bits per heavy atom. The number of carbonyl (C=O) groups is 1. The number of amides is 1. The minimum Gasteiger partial charge on any atom is -0.508 e. The number of nitrogens with zero attached hydrogens (tertiary/aromatic N) is 1. The van der Waals surface area contributed by atoms with Crippen LogP contribution in [0.5, 0.6) is 11.5 Å². The number of rotatable bonds is 13. The van der Waals surface area contributed by atoms with Gasteiger partial charge < -0.3 is 9.84 Å². The van der Waals surface area contributed by atoms with Crippen molar-refractivity contribution in [3.8, 4) is 11.5 Å². The van der Waals surface area contributed by atoms with Crippen LogP contribution in [-0.4, -0.2) is 23.8 Å². The molecule has 0 heterocycles. The van der Waals surface area contributed by atoms with Gasteiger partial charge in [0.05, 0.1) is 12.8 Å². The fraction of sp³-hybridized carbons (Fsp3) is 0.417. The minimum atomic E-state index is -0.283. The summed E-state index contributed by atoms with van der Waals surface area (Å²) in [6.45, 7) is 2.95. The molecule has 0 radical (unpaired) electrons. The number of nitrogens with one attached hydrogen (secondary N) is 1. The van der Waals surface area contributed by atoms with E-state index in [1.807, 2.05) is 12.1 Å². The molecule has 2 N–H and O–H groups in total. The van der Waals surface area contributed by atoms with E-state index in [-0.39, 0.29) is 11.7 Å². The Bertz CT molecular complexity index is 740. The van der Waals surface area contributed by atoms with E-state index in [4.69, 9.17) is 4.74 Å². The van der Waals surface area contributed by atoms with Crippen molar-refractivity contribution < 1.29 is 14.6 Å². The van der Waals surface area contributed by atoms with Gasteiger partial charge in [0.2, 0.25) is 0 Å². The molecule has 2 aromatic carbocycles. The number of hydrogen-bond donors (Lipinski definition) is 2. The lowest BCUT2D eigenvalue weighted by Crippen LogP contribution is -2.17. The molecule has 0 bridgehead atoms. The summed E-state index contributed by atoms with van der Waals surface area (Å²) in [7, 11) is 0. The monoisotopic (exact) mass is 396 g/mol. The Labute approximate surface area is 173 Å². The quantitative estimate of drug-likeness (QED) is 0.260. The highest BCUT2D eigenvalue weighted by molar-refractivity contribution is 5.95. The van der Waals surface area contributed by atoms with Crippen LogP contribution in [-0.2, 0) is 0 Å². The summed E-state index contributed by atoms with van der Waals surface area (Å²) in [5.74, 6) is 0.683. The third-order valence-corrected chi connectivity index (χ3v) is 4.66. The van der Waals surface area contributed by atoms with Gasteiger partial charge in [-0.15, -0.1) is 0 Å². The minimum absolute atomic E-state index is 0.191. The van der Waals surface area contributed by atoms with Gasteiger partial charge >= 0.3 is 0 Å². The van der Waals surface area contributed by atoms with Gasteiger partial charge in [0.1, 0.15) is 11.5 Å². The standard InChI is InChI=1S/C24H32N2O3/c1-2-3-4-5-6-7-8-9-18-29-23-16-12-21(13-17-23)24(28)26-25-19-20-10-14-22(27)15-11-20/h10-17,19,27H,2-9,18H2,1H3,(H,26,28)/b25-19+. The third-order valence-electron chi connectivity index (χ3n) is 4.66. The van der Waals surface area contributed by atoms with Crippen LogP contribution in [0, 0.1) is 0 Å². The van der Waals surface area contributed by atoms with Gasteiger partial charge in [-0.1, -0.05) is 51.9 Å². The zero-order valence-corrected chi connectivity index (χ0v) is 17.3. The molecule has 2 rings (SSSR count). The molecule has 0 aliphatic carbocycles. The van der Waals surface area contributed by atoms with Crippen molar-refractivity contribution in [2.24, 2.45) is 5.10 Å². The molecule has 2 aromatic rings. The number of benzene rings is 2. The van der Waals surface area contributed by atoms with Gasteiger partial charge in [-0.05, 0) is 60.5 Å². The normalized spacial score (nSPS) is 10.9. The molecule has 0 aliphatic heterocycles. The molecule has 29 heavy (non-hydrogen) atoms. The number of carbonyl (C=O) groups excluding carboxylic acids is 1. The lowest BCUT2D eigenvalue weighted by atomic mass is 10.1. The van der Waals surface area contributed by atoms with Gasteiger partial charge in [-0.3, -0.25) is 4.79 Å². The molecule has 0 atom stereocenters. The number of phenolic OH excluding ortho intramolecular Hbond substituents is 1. The first-order valence-corrected chi connectivity index (χ1v) is 10.5. The maximum Gasteiger partial charge on any atom is 0.271 e. The predicted molar refractivity (Wildman–Crippen MR) is 118 cm³/mol. The number of unbranched alkanes of at least 4 members (excludes halogenated alkanes) is 7. The zero-order chi connectivity index (χ0) is 20.7. The Kier molecular flexibility index (Phi) is 10.4. The zero-order valence-electron chi connectivity index (χ0n) is 17.3. The Morgan fingerprint density at radius 1 is 0.931 bits per heavy atom. The number of hydrazone groups is 1. The van der Waals surface area contributed by atoms with E-state index in [0.717, 1.165) is 17.7 Å². The van der Waals surface area contributed by atoms with Crippen LogP contribution in [0.3, 0.4) is 0 Å². The lowest BCUT2D eigenvalue weighted by molar-refractivity contribution is 0.0955. The molecule has 5 heteroatoms. The van der Waals surface area contributed by atoms with E-state index >= 15 is 0 Å². The summed E-state index contributed by atoms with van der Waals surface area (Å²) < 4.78 is 5.75. The molecule has 0 saturated carbocycles. The summed E-state index contributed by atoms with van der Waals surface area (Å²) in [4.78, 5) is 12.1. The highest BCUT2D eigenvalue weighted by Crippen LogP contribution is 2.14. The second-order valence-corrected chi connectivity index (χ2v) is 7.14. The van der Waals surface area contributed by atoms with Gasteiger partial charge in [-0.2, -0.15) is 5.10 Å². The first-order chi connectivity index (χ1) is 14.2. The van der Waals surface area contributed by atoms with Crippen molar-refractivity contribution in [1.82, 2.24) is 5.43 Å². The van der Waals surface area contributed by atoms with Gasteiger partial charge in [0.25, 0.3) is 5.91 Å². The Morgan fingerprint density at radius 2 is 1.55 bits per heavy atom. The van der Waals surface area contributed by atoms with Crippen LogP contribution < -0.4 is 10.2 Å². The molecule has 0 saturated heterocycles. The van der Waals surface area contributed by atoms with Gasteiger partial charge in [0, 0.05) is 5.56 Å². The van der Waals surface area contributed by atoms with Crippen molar-refractivity contribution in [3.63, 3.8) is 0 Å². The summed E-state index contributed by atoms with van der Waals surface area (Å²) in [6.07, 6.45) is 11.7. The molecule has 0 aliphatic rings. The van der Waals surface area contributed by atoms with Crippen LogP contribution in [0.2, 0.25) is 0 Å². The fourth-order valence-electron chi connectivity index (χ4n) is 2.92. The second kappa shape index (κ2) is 13.4. The largest absolute Gasteiger partial charge is 0.508 e. The van der Waals surface area contributed by atoms with Crippen LogP contribution in [0.4, 0.5) is 0 Å². The van der Waals surface area contributed by atoms with E-state index in [0.29, 0.717) is 12.2 Å². The van der Waals surface area contributed by atoms with Crippen molar-refractivity contribution in [2.45, 2.75) is 58.3 Å². The number of aromatic hydroxyl groups is 1. The molecule has 156 valence electrons. The van der Waals surface area contributed by atoms with E-state index in [2.05, 4.69) is 17.5 Å². The van der Waals surface area contributed by atoms with Crippen molar-refractivity contribution in [2.75, 3.05) is 6.61 Å². The molecule has 0 unspecified atom stereocenters. The Balaban J connectivity index is 1.63. The number of ether oxygens (including phenoxy) is 1. The predicted octanol–water partition coefficient (Wildman–Crippen LogP) is 5.68. The summed E-state index contributed by atoms with van der Waals surface area (Å²) in [5, 5.41) is 13.2. The lowest BCUT2D eigenvalue weighted by Gasteiger charge is -2.07. The molecular weight excluding hydrogens is 364 g/mol. The van der Waals surface area contributed by atoms with E-state index in [1.165, 1.54) is 51.2 Å². The maximum absolute atomic E-state index is 12.1. The van der Waals surface area contributed by atoms with Crippen LogP contribution in [0.1, 0.15) is 74.2 Å². The molecule has 0 spiro atoms. The number of hydrogen-bond acceptors (Lipinski definition) is 4. The van der Waals surface area contributed by atoms with Gasteiger partial charge in [-0.25, -0.2) is 5.43 Å². The van der Waals surface area contributed by atoms with Crippen LogP contribution in [0.25, 0.3) is 0 Å². The first-order valence-electron chi connectivity index (χ1n) is 10.5. The highest BCUT2D eigenvalue weighted by Gasteiger charge is 2.04. The molecule has 0 aromatic heterocycles. The third kappa shape index (κ3) is 9.28. The smallest absolute Gasteiger partial charge is 0.271 e. The average Bonchev–Trinajstić information content (AvgIpc) is 2.74. The van der Waals surface area contributed by atoms with Gasteiger partial charge in [0.15, 0.2) is 0 Å². The van der Waals surface area contributed by atoms with E-state index < -0.39 is 0 Å². The SMILES string of the molecule is CCCCCCCCCCOc1ccc(C(=O)N/N=C/c2ccc(O)cc2)cc1. The first kappa shape index (κ1) is 22.5. The summed E-state index contributed by atoms with van der Waals surface area (Å²) >= 11 is 0. The fourth-order valence-corrected chi connectivity index (χ4v) is 2.92. The average molecular weight is 397 g/mol. The highest BCUT2D eigenvalue weighted by atomic mass is 16.5. The van der Waals surface area contributed by atoms with E-state index in [9.17, 15) is 9.90 Å². The molecule has 0 fully saturated rings. The van der Waals surface area contributed by atoms with Crippen LogP contribution in [0.15, 0.2) is 53.6 Å². The summed E-state index contributed by atoms with van der Waals surface area (Å²) in [6, 6.07) is 13.6. The van der Waals surface area contributed by atoms with Crippen molar-refractivity contribution in [3.05, 3.63) is 59.7 Å². The van der Waals surface area contributed by atoms with Crippen molar-refractivity contribution >= 4 is 12.1 Å². The Hall–Kier alpha value is -2.82. The maximum atomic E-state index is 12.1. The van der Waals surface area contributed by atoms with Crippen molar-refractivity contribution in [1.29, 1.82) is 0 Å². The summed E-state index contributed by atoms with van der Waals surface area (Å²) in [5.41, 5.74) is 3.80. The molecule has 5 nitrogen and oxygen atoms in total. The van der Waals surface area contributed by atoms with E-state index in [1.54, 1.807) is 36.4 Å². The van der Waals surface area contributed by atoms with Crippen LogP contribution >= 0.6 is 0 Å².